The Balaban J connectivity index is 2.61. The van der Waals surface area contributed by atoms with Gasteiger partial charge in [-0.1, -0.05) is 32.0 Å². The number of aromatic amines is 1. The first-order valence-electron chi connectivity index (χ1n) is 6.12. The summed E-state index contributed by atoms with van der Waals surface area (Å²) >= 11 is 1.59. The van der Waals surface area contributed by atoms with Crippen LogP contribution in [-0.4, -0.2) is 28.3 Å². The molecule has 1 unspecified atom stereocenters. The number of thioether (sulfide) groups is 1. The Morgan fingerprint density at radius 2 is 2.29 bits per heavy atom. The summed E-state index contributed by atoms with van der Waals surface area (Å²) in [6.45, 7) is 7.26. The highest BCUT2D eigenvalue weighted by atomic mass is 32.2. The van der Waals surface area contributed by atoms with E-state index in [9.17, 15) is 4.79 Å². The minimum absolute atomic E-state index is 0.0537. The molecular formula is C12H21N3OS. The van der Waals surface area contributed by atoms with Crippen molar-refractivity contribution in [1.82, 2.24) is 15.3 Å². The Labute approximate surface area is 107 Å². The van der Waals surface area contributed by atoms with Crippen molar-refractivity contribution in [2.45, 2.75) is 44.8 Å². The predicted molar refractivity (Wildman–Crippen MR) is 72.7 cm³/mol. The Morgan fingerprint density at radius 3 is 2.94 bits per heavy atom. The highest BCUT2D eigenvalue weighted by Crippen LogP contribution is 2.13. The van der Waals surface area contributed by atoms with Gasteiger partial charge in [0, 0.05) is 23.6 Å². The molecule has 5 heteroatoms. The van der Waals surface area contributed by atoms with Gasteiger partial charge in [0.1, 0.15) is 0 Å². The summed E-state index contributed by atoms with van der Waals surface area (Å²) in [5.41, 5.74) is 0.830. The van der Waals surface area contributed by atoms with Gasteiger partial charge in [0.25, 0.3) is 5.56 Å². The molecule has 0 spiro atoms. The van der Waals surface area contributed by atoms with Crippen LogP contribution in [0.5, 0.6) is 0 Å². The standard InChI is InChI=1S/C12H21N3OS/c1-4-6-10-7-11(16)15-12(14-10)17-8-9(3)13-5-2/h7,9,13H,4-6,8H2,1-3H3,(H,14,15,16). The average molecular weight is 255 g/mol. The lowest BCUT2D eigenvalue weighted by molar-refractivity contribution is 0.619. The van der Waals surface area contributed by atoms with Crippen LogP contribution in [-0.2, 0) is 6.42 Å². The van der Waals surface area contributed by atoms with E-state index in [-0.39, 0.29) is 5.56 Å². The van der Waals surface area contributed by atoms with E-state index in [1.807, 2.05) is 0 Å². The van der Waals surface area contributed by atoms with E-state index < -0.39 is 0 Å². The van der Waals surface area contributed by atoms with E-state index >= 15 is 0 Å². The van der Waals surface area contributed by atoms with E-state index in [1.165, 1.54) is 0 Å². The molecule has 4 nitrogen and oxygen atoms in total. The van der Waals surface area contributed by atoms with Crippen molar-refractivity contribution >= 4 is 11.8 Å². The first kappa shape index (κ1) is 14.3. The summed E-state index contributed by atoms with van der Waals surface area (Å²) in [5.74, 6) is 0.909. The van der Waals surface area contributed by atoms with Gasteiger partial charge >= 0.3 is 0 Å². The zero-order valence-corrected chi connectivity index (χ0v) is 11.6. The maximum absolute atomic E-state index is 11.4. The summed E-state index contributed by atoms with van der Waals surface area (Å²) in [6.07, 6.45) is 1.87. The molecular weight excluding hydrogens is 234 g/mol. The summed E-state index contributed by atoms with van der Waals surface area (Å²) in [5, 5.41) is 4.06. The Kier molecular flexibility index (Phi) is 6.29. The lowest BCUT2D eigenvalue weighted by Crippen LogP contribution is -2.27. The Hall–Kier alpha value is -0.810. The van der Waals surface area contributed by atoms with Gasteiger partial charge in [-0.15, -0.1) is 0 Å². The SMILES string of the molecule is CCCc1cc(=O)[nH]c(SCC(C)NCC)n1. The average Bonchev–Trinajstić information content (AvgIpc) is 2.26. The maximum Gasteiger partial charge on any atom is 0.251 e. The highest BCUT2D eigenvalue weighted by molar-refractivity contribution is 7.99. The second kappa shape index (κ2) is 7.50. The van der Waals surface area contributed by atoms with E-state index in [4.69, 9.17) is 0 Å². The number of nitrogens with zero attached hydrogens (tertiary/aromatic N) is 1. The molecule has 1 rings (SSSR count). The molecule has 96 valence electrons. The van der Waals surface area contributed by atoms with Crippen LogP contribution in [0.4, 0.5) is 0 Å². The monoisotopic (exact) mass is 255 g/mol. The maximum atomic E-state index is 11.4. The van der Waals surface area contributed by atoms with Crippen molar-refractivity contribution < 1.29 is 0 Å². The van der Waals surface area contributed by atoms with Gasteiger partial charge in [0.2, 0.25) is 0 Å². The third-order valence-electron chi connectivity index (χ3n) is 2.30. The molecule has 0 aliphatic carbocycles. The van der Waals surface area contributed by atoms with E-state index in [0.29, 0.717) is 6.04 Å². The smallest absolute Gasteiger partial charge is 0.251 e. The van der Waals surface area contributed by atoms with E-state index in [2.05, 4.69) is 36.1 Å². The largest absolute Gasteiger partial charge is 0.314 e. The number of nitrogens with one attached hydrogen (secondary N) is 2. The quantitative estimate of drug-likeness (QED) is 0.576. The molecule has 0 aliphatic heterocycles. The number of aromatic nitrogens is 2. The van der Waals surface area contributed by atoms with Crippen LogP contribution in [0, 0.1) is 0 Å². The number of aryl methyl sites for hydroxylation is 1. The number of hydrogen-bond acceptors (Lipinski definition) is 4. The van der Waals surface area contributed by atoms with Gasteiger partial charge in [-0.25, -0.2) is 4.98 Å². The Bertz CT molecular complexity index is 392. The molecule has 0 saturated heterocycles. The predicted octanol–water partition coefficient (Wildman–Crippen LogP) is 1.81. The molecule has 0 bridgehead atoms. The Morgan fingerprint density at radius 1 is 1.53 bits per heavy atom. The summed E-state index contributed by atoms with van der Waals surface area (Å²) < 4.78 is 0. The molecule has 0 radical (unpaired) electrons. The van der Waals surface area contributed by atoms with Gasteiger partial charge in [-0.2, -0.15) is 0 Å². The molecule has 0 saturated carbocycles. The number of H-pyrrole nitrogens is 1. The summed E-state index contributed by atoms with van der Waals surface area (Å²) in [7, 11) is 0. The lowest BCUT2D eigenvalue weighted by atomic mass is 10.2. The molecule has 17 heavy (non-hydrogen) atoms. The van der Waals surface area contributed by atoms with Crippen molar-refractivity contribution in [3.8, 4) is 0 Å². The van der Waals surface area contributed by atoms with Crippen LogP contribution in [0.25, 0.3) is 0 Å². The van der Waals surface area contributed by atoms with Crippen molar-refractivity contribution in [3.63, 3.8) is 0 Å². The molecule has 1 aromatic rings. The molecule has 1 heterocycles. The molecule has 0 fully saturated rings. The van der Waals surface area contributed by atoms with Crippen molar-refractivity contribution in [2.75, 3.05) is 12.3 Å². The summed E-state index contributed by atoms with van der Waals surface area (Å²) in [6, 6.07) is 2.01. The second-order valence-electron chi connectivity index (χ2n) is 4.06. The van der Waals surface area contributed by atoms with Crippen molar-refractivity contribution in [2.24, 2.45) is 0 Å². The fourth-order valence-electron chi connectivity index (χ4n) is 1.55. The molecule has 0 aliphatic rings. The molecule has 1 atom stereocenters. The van der Waals surface area contributed by atoms with E-state index in [0.717, 1.165) is 36.0 Å². The normalized spacial score (nSPS) is 12.6. The second-order valence-corrected chi connectivity index (χ2v) is 5.07. The summed E-state index contributed by atoms with van der Waals surface area (Å²) in [4.78, 5) is 18.6. The molecule has 0 aromatic carbocycles. The zero-order chi connectivity index (χ0) is 12.7. The minimum Gasteiger partial charge on any atom is -0.314 e. The third kappa shape index (κ3) is 5.37. The van der Waals surface area contributed by atoms with Gasteiger partial charge < -0.3 is 10.3 Å². The van der Waals surface area contributed by atoms with Gasteiger partial charge in [0.15, 0.2) is 5.16 Å². The van der Waals surface area contributed by atoms with Crippen LogP contribution in [0.2, 0.25) is 0 Å². The van der Waals surface area contributed by atoms with Gasteiger partial charge in [-0.3, -0.25) is 4.79 Å². The van der Waals surface area contributed by atoms with E-state index in [1.54, 1.807) is 17.8 Å². The van der Waals surface area contributed by atoms with Crippen LogP contribution < -0.4 is 10.9 Å². The zero-order valence-electron chi connectivity index (χ0n) is 10.7. The molecule has 0 amide bonds. The first-order chi connectivity index (χ1) is 8.15. The van der Waals surface area contributed by atoms with Gasteiger partial charge in [-0.05, 0) is 19.9 Å². The molecule has 2 N–H and O–H groups in total. The third-order valence-corrected chi connectivity index (χ3v) is 3.44. The van der Waals surface area contributed by atoms with Crippen LogP contribution in [0.1, 0.15) is 32.9 Å². The first-order valence-corrected chi connectivity index (χ1v) is 7.10. The minimum atomic E-state index is -0.0537. The topological polar surface area (TPSA) is 57.8 Å². The molecule has 1 aromatic heterocycles. The lowest BCUT2D eigenvalue weighted by Gasteiger charge is -2.11. The fraction of sp³-hybridized carbons (Fsp3) is 0.667. The van der Waals surface area contributed by atoms with Crippen LogP contribution >= 0.6 is 11.8 Å². The highest BCUT2D eigenvalue weighted by Gasteiger charge is 2.05. The fourth-order valence-corrected chi connectivity index (χ4v) is 2.43. The van der Waals surface area contributed by atoms with Gasteiger partial charge in [0.05, 0.1) is 0 Å². The van der Waals surface area contributed by atoms with Crippen LogP contribution in [0.15, 0.2) is 16.0 Å². The van der Waals surface area contributed by atoms with Crippen LogP contribution in [0.3, 0.4) is 0 Å². The van der Waals surface area contributed by atoms with Crippen molar-refractivity contribution in [3.05, 3.63) is 22.1 Å². The van der Waals surface area contributed by atoms with Crippen molar-refractivity contribution in [1.29, 1.82) is 0 Å². The number of hydrogen-bond donors (Lipinski definition) is 2. The number of rotatable bonds is 7.